The molecule has 0 aliphatic carbocycles. The standard InChI is InChI=1S/C28H20BrClN2O4/c1-36-22-13-11-16(14-17(22)29)26(33)25-24-23(21-12-10-15-6-2-4-8-19(15)31(21)25)27(34)32(28(24)35)20-9-5-3-7-18(20)30/h2-14,21,23-25H,1H3/t21-,23+,24-,25+/m1/s1. The molecule has 180 valence electrons. The molecule has 2 fully saturated rings. The summed E-state index contributed by atoms with van der Waals surface area (Å²) in [4.78, 5) is 45.0. The number of carbonyl (C=O) groups excluding carboxylic acids is 3. The van der Waals surface area contributed by atoms with E-state index in [0.717, 1.165) is 16.2 Å². The molecule has 0 bridgehead atoms. The Morgan fingerprint density at radius 3 is 2.36 bits per heavy atom. The van der Waals surface area contributed by atoms with Gasteiger partial charge in [-0.1, -0.05) is 54.1 Å². The van der Waals surface area contributed by atoms with Crippen LogP contribution in [0.4, 0.5) is 11.4 Å². The van der Waals surface area contributed by atoms with Gasteiger partial charge in [-0.3, -0.25) is 14.4 Å². The Kier molecular flexibility index (Phi) is 5.50. The average Bonchev–Trinajstić information content (AvgIpc) is 3.36. The van der Waals surface area contributed by atoms with Crippen molar-refractivity contribution in [3.63, 3.8) is 0 Å². The number of para-hydroxylation sites is 2. The summed E-state index contributed by atoms with van der Waals surface area (Å²) in [6.45, 7) is 0. The van der Waals surface area contributed by atoms with E-state index in [-0.39, 0.29) is 11.7 Å². The van der Waals surface area contributed by atoms with Gasteiger partial charge in [0.25, 0.3) is 0 Å². The largest absolute Gasteiger partial charge is 0.496 e. The minimum Gasteiger partial charge on any atom is -0.496 e. The van der Waals surface area contributed by atoms with Gasteiger partial charge in [0, 0.05) is 11.3 Å². The van der Waals surface area contributed by atoms with Gasteiger partial charge in [-0.2, -0.15) is 0 Å². The highest BCUT2D eigenvalue weighted by Crippen LogP contribution is 2.50. The highest BCUT2D eigenvalue weighted by Gasteiger charge is 2.64. The third-order valence-electron chi connectivity index (χ3n) is 7.21. The van der Waals surface area contributed by atoms with E-state index in [1.54, 1.807) is 49.6 Å². The van der Waals surface area contributed by atoms with E-state index in [9.17, 15) is 14.4 Å². The predicted octanol–water partition coefficient (Wildman–Crippen LogP) is 5.38. The highest BCUT2D eigenvalue weighted by atomic mass is 79.9. The first-order valence-electron chi connectivity index (χ1n) is 11.5. The van der Waals surface area contributed by atoms with E-state index in [4.69, 9.17) is 16.3 Å². The first kappa shape index (κ1) is 23.0. The summed E-state index contributed by atoms with van der Waals surface area (Å²) in [7, 11) is 1.55. The fourth-order valence-electron chi connectivity index (χ4n) is 5.67. The summed E-state index contributed by atoms with van der Waals surface area (Å²) < 4.78 is 5.95. The van der Waals surface area contributed by atoms with Crippen LogP contribution in [0.5, 0.6) is 5.75 Å². The average molecular weight is 564 g/mol. The van der Waals surface area contributed by atoms with E-state index >= 15 is 0 Å². The van der Waals surface area contributed by atoms with Crippen molar-refractivity contribution in [1.82, 2.24) is 0 Å². The van der Waals surface area contributed by atoms with Crippen molar-refractivity contribution in [2.75, 3.05) is 16.9 Å². The molecule has 0 aromatic heterocycles. The van der Waals surface area contributed by atoms with Gasteiger partial charge in [0.2, 0.25) is 11.8 Å². The lowest BCUT2D eigenvalue weighted by Gasteiger charge is -2.36. The molecule has 6 rings (SSSR count). The zero-order valence-electron chi connectivity index (χ0n) is 19.1. The first-order chi connectivity index (χ1) is 17.4. The Morgan fingerprint density at radius 2 is 1.64 bits per heavy atom. The number of methoxy groups -OCH3 is 1. The number of hydrogen-bond acceptors (Lipinski definition) is 5. The quantitative estimate of drug-likeness (QED) is 0.315. The highest BCUT2D eigenvalue weighted by molar-refractivity contribution is 9.10. The second-order valence-corrected chi connectivity index (χ2v) is 10.3. The lowest BCUT2D eigenvalue weighted by atomic mass is 9.86. The summed E-state index contributed by atoms with van der Waals surface area (Å²) in [5.74, 6) is -1.97. The van der Waals surface area contributed by atoms with Crippen molar-refractivity contribution in [3.05, 3.63) is 93.4 Å². The molecule has 3 aliphatic heterocycles. The van der Waals surface area contributed by atoms with E-state index in [0.29, 0.717) is 26.5 Å². The lowest BCUT2D eigenvalue weighted by Crippen LogP contribution is -2.48. The van der Waals surface area contributed by atoms with Crippen LogP contribution in [0.25, 0.3) is 6.08 Å². The lowest BCUT2D eigenvalue weighted by molar-refractivity contribution is -0.122. The molecule has 3 aromatic rings. The first-order valence-corrected chi connectivity index (χ1v) is 12.6. The number of carbonyl (C=O) groups is 3. The van der Waals surface area contributed by atoms with Gasteiger partial charge in [0.15, 0.2) is 5.78 Å². The van der Waals surface area contributed by atoms with Crippen LogP contribution in [-0.2, 0) is 9.59 Å². The summed E-state index contributed by atoms with van der Waals surface area (Å²) in [5.41, 5.74) is 2.53. The monoisotopic (exact) mass is 562 g/mol. The summed E-state index contributed by atoms with van der Waals surface area (Å²) in [6.07, 6.45) is 3.89. The maximum atomic E-state index is 14.1. The number of Topliss-reactive ketones (excluding diaryl/α,β-unsaturated/α-hetero) is 1. The smallest absolute Gasteiger partial charge is 0.240 e. The van der Waals surface area contributed by atoms with E-state index in [2.05, 4.69) is 15.9 Å². The fourth-order valence-corrected chi connectivity index (χ4v) is 6.44. The van der Waals surface area contributed by atoms with Crippen molar-refractivity contribution in [2.45, 2.75) is 12.1 Å². The number of anilines is 2. The van der Waals surface area contributed by atoms with Crippen molar-refractivity contribution >= 4 is 62.6 Å². The normalized spacial score (nSPS) is 24.0. The number of ketones is 1. The Balaban J connectivity index is 1.50. The van der Waals surface area contributed by atoms with Gasteiger partial charge in [-0.05, 0) is 57.9 Å². The van der Waals surface area contributed by atoms with Crippen LogP contribution in [0.15, 0.2) is 77.3 Å². The molecule has 2 saturated heterocycles. The predicted molar refractivity (Wildman–Crippen MR) is 141 cm³/mol. The number of hydrogen-bond donors (Lipinski definition) is 0. The van der Waals surface area contributed by atoms with Crippen molar-refractivity contribution in [1.29, 1.82) is 0 Å². The maximum absolute atomic E-state index is 14.1. The van der Waals surface area contributed by atoms with Crippen molar-refractivity contribution in [3.8, 4) is 5.75 Å². The van der Waals surface area contributed by atoms with Crippen LogP contribution in [0.3, 0.4) is 0 Å². The minimum atomic E-state index is -0.865. The van der Waals surface area contributed by atoms with E-state index < -0.39 is 29.8 Å². The molecule has 0 spiro atoms. The molecule has 6 nitrogen and oxygen atoms in total. The van der Waals surface area contributed by atoms with Crippen LogP contribution < -0.4 is 14.5 Å². The Hall–Kier alpha value is -3.42. The maximum Gasteiger partial charge on any atom is 0.240 e. The topological polar surface area (TPSA) is 66.9 Å². The molecular weight excluding hydrogens is 544 g/mol. The molecule has 0 N–H and O–H groups in total. The third kappa shape index (κ3) is 3.26. The SMILES string of the molecule is COc1ccc(C(=O)[C@@H]2[C@@H]3C(=O)N(c4ccccc4Cl)C(=O)[C@H]3[C@H]3C=Cc4ccccc4N32)cc1Br. The number of amides is 2. The number of benzene rings is 3. The fraction of sp³-hybridized carbons (Fsp3) is 0.179. The zero-order valence-corrected chi connectivity index (χ0v) is 21.4. The molecule has 8 heteroatoms. The molecule has 2 amide bonds. The number of halogens is 2. The molecule has 4 atom stereocenters. The van der Waals surface area contributed by atoms with Crippen molar-refractivity contribution in [2.24, 2.45) is 11.8 Å². The second-order valence-electron chi connectivity index (χ2n) is 8.99. The molecule has 0 radical (unpaired) electrons. The molecular formula is C28H20BrClN2O4. The van der Waals surface area contributed by atoms with Gasteiger partial charge in [-0.15, -0.1) is 0 Å². The van der Waals surface area contributed by atoms with Gasteiger partial charge in [0.1, 0.15) is 11.8 Å². The van der Waals surface area contributed by atoms with Crippen LogP contribution in [-0.4, -0.2) is 36.8 Å². The zero-order chi connectivity index (χ0) is 25.1. The Bertz CT molecular complexity index is 1470. The molecule has 3 heterocycles. The molecule has 0 saturated carbocycles. The number of imide groups is 1. The minimum absolute atomic E-state index is 0.233. The molecule has 3 aliphatic rings. The van der Waals surface area contributed by atoms with E-state index in [1.165, 1.54) is 0 Å². The molecule has 36 heavy (non-hydrogen) atoms. The summed E-state index contributed by atoms with van der Waals surface area (Å²) in [5, 5.41) is 0.308. The van der Waals surface area contributed by atoms with Crippen LogP contribution in [0.2, 0.25) is 5.02 Å². The van der Waals surface area contributed by atoms with E-state index in [1.807, 2.05) is 41.3 Å². The molecule has 3 aromatic carbocycles. The van der Waals surface area contributed by atoms with Crippen LogP contribution in [0, 0.1) is 11.8 Å². The van der Waals surface area contributed by atoms with Crippen molar-refractivity contribution < 1.29 is 19.1 Å². The Labute approximate surface area is 221 Å². The molecule has 0 unspecified atom stereocenters. The van der Waals surface area contributed by atoms with Crippen LogP contribution >= 0.6 is 27.5 Å². The number of nitrogens with zero attached hydrogens (tertiary/aromatic N) is 2. The number of fused-ring (bicyclic) bond motifs is 5. The van der Waals surface area contributed by atoms with Crippen LogP contribution in [0.1, 0.15) is 15.9 Å². The summed E-state index contributed by atoms with van der Waals surface area (Å²) >= 11 is 9.84. The number of ether oxygens (including phenoxy) is 1. The Morgan fingerprint density at radius 1 is 0.944 bits per heavy atom. The number of rotatable bonds is 4. The van der Waals surface area contributed by atoms with Gasteiger partial charge >= 0.3 is 0 Å². The third-order valence-corrected chi connectivity index (χ3v) is 8.15. The second kappa shape index (κ2) is 8.61. The van der Waals surface area contributed by atoms with Gasteiger partial charge in [-0.25, -0.2) is 4.90 Å². The van der Waals surface area contributed by atoms with Gasteiger partial charge < -0.3 is 9.64 Å². The summed E-state index contributed by atoms with van der Waals surface area (Å²) in [6, 6.07) is 18.3. The van der Waals surface area contributed by atoms with Gasteiger partial charge in [0.05, 0.1) is 40.2 Å².